The molecule has 3 N–H and O–H groups in total. The molecule has 1 fully saturated rings. The molecule has 2 aliphatic rings. The van der Waals surface area contributed by atoms with Crippen molar-refractivity contribution in [1.82, 2.24) is 14.8 Å². The van der Waals surface area contributed by atoms with Crippen molar-refractivity contribution in [3.63, 3.8) is 0 Å². The molecule has 2 aromatic heterocycles. The van der Waals surface area contributed by atoms with Crippen LogP contribution in [0.4, 0.5) is 17.2 Å². The monoisotopic (exact) mass is 458 g/mol. The number of nitrogens with two attached hydrogens (primary N) is 1. The Morgan fingerprint density at radius 2 is 1.91 bits per heavy atom. The molecule has 1 spiro atoms. The average molecular weight is 459 g/mol. The summed E-state index contributed by atoms with van der Waals surface area (Å²) in [6.45, 7) is 1.38. The van der Waals surface area contributed by atoms with Crippen LogP contribution in [0.25, 0.3) is 22.0 Å². The number of aromatic nitrogens is 3. The molecular formula is C25H23ClN6O. The number of pyridine rings is 1. The van der Waals surface area contributed by atoms with Crippen molar-refractivity contribution >= 4 is 45.6 Å². The van der Waals surface area contributed by atoms with Crippen LogP contribution in [-0.2, 0) is 17.3 Å². The number of benzene rings is 2. The van der Waals surface area contributed by atoms with Crippen LogP contribution in [0, 0.1) is 0 Å². The van der Waals surface area contributed by atoms with Crippen molar-refractivity contribution in [3.8, 4) is 11.1 Å². The highest BCUT2D eigenvalue weighted by Gasteiger charge is 2.48. The number of anilines is 3. The first-order valence-corrected chi connectivity index (χ1v) is 11.4. The van der Waals surface area contributed by atoms with E-state index in [1.165, 1.54) is 0 Å². The average Bonchev–Trinajstić information content (AvgIpc) is 3.33. The number of aryl methyl sites for hydroxylation is 1. The van der Waals surface area contributed by atoms with E-state index in [0.717, 1.165) is 39.0 Å². The van der Waals surface area contributed by atoms with E-state index < -0.39 is 5.41 Å². The highest BCUT2D eigenvalue weighted by Crippen LogP contribution is 2.47. The molecule has 0 radical (unpaired) electrons. The van der Waals surface area contributed by atoms with Crippen LogP contribution in [0.15, 0.2) is 54.9 Å². The van der Waals surface area contributed by atoms with Gasteiger partial charge >= 0.3 is 0 Å². The van der Waals surface area contributed by atoms with E-state index in [9.17, 15) is 4.79 Å². The number of amides is 1. The second-order valence-corrected chi connectivity index (χ2v) is 9.21. The lowest BCUT2D eigenvalue weighted by molar-refractivity contribution is -0.121. The number of piperidine rings is 1. The summed E-state index contributed by atoms with van der Waals surface area (Å²) in [5.74, 6) is 0.396. The van der Waals surface area contributed by atoms with E-state index in [2.05, 4.69) is 44.6 Å². The number of hydrogen-bond donors (Lipinski definition) is 2. The summed E-state index contributed by atoms with van der Waals surface area (Å²) >= 11 is 6.74. The maximum atomic E-state index is 13.0. The van der Waals surface area contributed by atoms with Gasteiger partial charge in [0.15, 0.2) is 0 Å². The minimum absolute atomic E-state index is 0.0888. The second kappa shape index (κ2) is 7.22. The molecule has 6 rings (SSSR count). The first kappa shape index (κ1) is 20.1. The number of carbonyl (C=O) groups excluding carboxylic acids is 1. The molecule has 0 aliphatic carbocycles. The largest absolute Gasteiger partial charge is 0.382 e. The van der Waals surface area contributed by atoms with Crippen LogP contribution in [-0.4, -0.2) is 33.8 Å². The fourth-order valence-electron chi connectivity index (χ4n) is 5.33. The molecule has 33 heavy (non-hydrogen) atoms. The molecule has 7 nitrogen and oxygen atoms in total. The molecule has 8 heteroatoms. The van der Waals surface area contributed by atoms with Crippen molar-refractivity contribution in [3.05, 3.63) is 65.4 Å². The Hall–Kier alpha value is -3.58. The molecule has 0 atom stereocenters. The number of rotatable bonds is 2. The second-order valence-electron chi connectivity index (χ2n) is 8.83. The van der Waals surface area contributed by atoms with Crippen LogP contribution >= 0.6 is 11.6 Å². The van der Waals surface area contributed by atoms with E-state index in [-0.39, 0.29) is 5.91 Å². The molecule has 0 bridgehead atoms. The Morgan fingerprint density at radius 1 is 1.12 bits per heavy atom. The Kier molecular flexibility index (Phi) is 4.39. The number of carbonyl (C=O) groups is 1. The molecular weight excluding hydrogens is 436 g/mol. The van der Waals surface area contributed by atoms with Crippen LogP contribution in [0.3, 0.4) is 0 Å². The Morgan fingerprint density at radius 3 is 2.73 bits per heavy atom. The van der Waals surface area contributed by atoms with Crippen molar-refractivity contribution in [2.45, 2.75) is 18.3 Å². The fourth-order valence-corrected chi connectivity index (χ4v) is 5.60. The molecule has 2 aliphatic heterocycles. The molecule has 166 valence electrons. The molecule has 4 aromatic rings. The van der Waals surface area contributed by atoms with Crippen LogP contribution in [0.5, 0.6) is 0 Å². The highest BCUT2D eigenvalue weighted by atomic mass is 35.5. The van der Waals surface area contributed by atoms with Crippen molar-refractivity contribution in [1.29, 1.82) is 0 Å². The predicted octanol–water partition coefficient (Wildman–Crippen LogP) is 4.36. The summed E-state index contributed by atoms with van der Waals surface area (Å²) in [4.78, 5) is 19.6. The minimum atomic E-state index is -0.493. The van der Waals surface area contributed by atoms with Gasteiger partial charge in [0.1, 0.15) is 10.8 Å². The number of hydrogen-bond acceptors (Lipinski definition) is 5. The smallest absolute Gasteiger partial charge is 0.235 e. The first-order valence-electron chi connectivity index (χ1n) is 11.0. The number of nitrogen functional groups attached to an aromatic ring is 1. The minimum Gasteiger partial charge on any atom is -0.382 e. The van der Waals surface area contributed by atoms with Gasteiger partial charge < -0.3 is 16.0 Å². The van der Waals surface area contributed by atoms with E-state index in [4.69, 9.17) is 17.3 Å². The van der Waals surface area contributed by atoms with Crippen molar-refractivity contribution in [2.75, 3.05) is 29.0 Å². The third kappa shape index (κ3) is 2.92. The maximum Gasteiger partial charge on any atom is 0.235 e. The molecule has 1 saturated heterocycles. The number of nitrogens with one attached hydrogen (secondary N) is 1. The van der Waals surface area contributed by atoms with Gasteiger partial charge in [-0.2, -0.15) is 5.10 Å². The highest BCUT2D eigenvalue weighted by molar-refractivity contribution is 6.36. The van der Waals surface area contributed by atoms with Gasteiger partial charge in [-0.05, 0) is 42.2 Å². The number of para-hydroxylation sites is 1. The molecule has 4 heterocycles. The van der Waals surface area contributed by atoms with E-state index in [1.54, 1.807) is 6.20 Å². The third-order valence-electron chi connectivity index (χ3n) is 7.14. The number of nitrogens with zero attached hydrogens (tertiary/aromatic N) is 4. The Bertz CT molecular complexity index is 1420. The Balaban J connectivity index is 1.39. The summed E-state index contributed by atoms with van der Waals surface area (Å²) in [5, 5.41) is 8.91. The summed E-state index contributed by atoms with van der Waals surface area (Å²) in [6, 6.07) is 14.2. The SMILES string of the molecule is Cn1ncc2cc(-c3cnc(N)c(Cl)c3N3CCC4(CC3)C(=O)Nc3ccccc34)ccc21. The quantitative estimate of drug-likeness (QED) is 0.466. The lowest BCUT2D eigenvalue weighted by atomic mass is 9.73. The van der Waals surface area contributed by atoms with Gasteiger partial charge in [-0.3, -0.25) is 9.48 Å². The standard InChI is InChI=1S/C25H23ClN6O/c1-31-20-7-6-15(12-16(20)13-29-31)17-14-28-23(27)21(26)22(17)32-10-8-25(9-11-32)18-4-2-3-5-19(18)30-24(25)33/h2-7,12-14H,8-11H2,1H3,(H2,27,28)(H,30,33). The third-order valence-corrected chi connectivity index (χ3v) is 7.51. The van der Waals surface area contributed by atoms with Crippen molar-refractivity contribution < 1.29 is 4.79 Å². The summed E-state index contributed by atoms with van der Waals surface area (Å²) in [6.07, 6.45) is 5.05. The van der Waals surface area contributed by atoms with E-state index in [0.29, 0.717) is 36.8 Å². The zero-order valence-corrected chi connectivity index (χ0v) is 18.9. The molecule has 2 aromatic carbocycles. The van der Waals surface area contributed by atoms with Crippen molar-refractivity contribution in [2.24, 2.45) is 7.05 Å². The van der Waals surface area contributed by atoms with Gasteiger partial charge in [-0.15, -0.1) is 0 Å². The van der Waals surface area contributed by atoms with Crippen LogP contribution in [0.2, 0.25) is 5.02 Å². The summed E-state index contributed by atoms with van der Waals surface area (Å²) in [7, 11) is 1.93. The zero-order chi connectivity index (χ0) is 22.7. The van der Waals surface area contributed by atoms with Gasteiger partial charge in [0.25, 0.3) is 0 Å². The van der Waals surface area contributed by atoms with Crippen LogP contribution in [0.1, 0.15) is 18.4 Å². The normalized spacial score (nSPS) is 16.9. The van der Waals surface area contributed by atoms with Crippen LogP contribution < -0.4 is 16.0 Å². The zero-order valence-electron chi connectivity index (χ0n) is 18.2. The maximum absolute atomic E-state index is 13.0. The van der Waals surface area contributed by atoms with Gasteiger partial charge in [0.2, 0.25) is 5.91 Å². The number of halogens is 1. The molecule has 0 saturated carbocycles. The predicted molar refractivity (Wildman–Crippen MR) is 132 cm³/mol. The summed E-state index contributed by atoms with van der Waals surface area (Å²) in [5.41, 5.74) is 11.5. The van der Waals surface area contributed by atoms with E-state index in [1.807, 2.05) is 36.1 Å². The molecule has 0 unspecified atom stereocenters. The van der Waals surface area contributed by atoms with Gasteiger partial charge in [0, 0.05) is 43.0 Å². The summed E-state index contributed by atoms with van der Waals surface area (Å²) < 4.78 is 1.85. The van der Waals surface area contributed by atoms with Gasteiger partial charge in [-0.25, -0.2) is 4.98 Å². The van der Waals surface area contributed by atoms with E-state index >= 15 is 0 Å². The first-order chi connectivity index (χ1) is 16.0. The van der Waals surface area contributed by atoms with Gasteiger partial charge in [-0.1, -0.05) is 35.9 Å². The lowest BCUT2D eigenvalue weighted by Crippen LogP contribution is -2.46. The molecule has 1 amide bonds. The number of fused-ring (bicyclic) bond motifs is 3. The lowest BCUT2D eigenvalue weighted by Gasteiger charge is -2.40. The fraction of sp³-hybridized carbons (Fsp3) is 0.240. The van der Waals surface area contributed by atoms with Gasteiger partial charge in [0.05, 0.1) is 22.8 Å². The Labute approximate surface area is 196 Å². The topological polar surface area (TPSA) is 89.1 Å².